The van der Waals surface area contributed by atoms with E-state index >= 15 is 0 Å². The molecule has 0 saturated carbocycles. The molecular formula is C23H28N2O5S. The molecule has 2 aromatic carbocycles. The van der Waals surface area contributed by atoms with Crippen molar-refractivity contribution in [2.75, 3.05) is 23.2 Å². The van der Waals surface area contributed by atoms with E-state index in [1.807, 2.05) is 51.1 Å². The van der Waals surface area contributed by atoms with Crippen LogP contribution in [0.15, 0.2) is 54.6 Å². The maximum absolute atomic E-state index is 12.9. The summed E-state index contributed by atoms with van der Waals surface area (Å²) >= 11 is 0. The number of nitrogens with zero attached hydrogens (tertiary/aromatic N) is 2. The van der Waals surface area contributed by atoms with Crippen molar-refractivity contribution in [1.29, 1.82) is 0 Å². The molecule has 31 heavy (non-hydrogen) atoms. The lowest BCUT2D eigenvalue weighted by molar-refractivity contribution is -0.140. The number of rotatable bonds is 6. The van der Waals surface area contributed by atoms with Crippen LogP contribution >= 0.6 is 0 Å². The van der Waals surface area contributed by atoms with Gasteiger partial charge < -0.3 is 9.64 Å². The highest BCUT2D eigenvalue weighted by Crippen LogP contribution is 2.25. The fourth-order valence-electron chi connectivity index (χ4n) is 3.47. The topological polar surface area (TPSA) is 84.0 Å². The molecule has 0 atom stereocenters. The number of carbonyl (C=O) groups is 2. The van der Waals surface area contributed by atoms with Gasteiger partial charge in [-0.2, -0.15) is 0 Å². The Hall–Kier alpha value is -2.87. The van der Waals surface area contributed by atoms with Crippen molar-refractivity contribution >= 4 is 27.6 Å². The van der Waals surface area contributed by atoms with Gasteiger partial charge in [0.25, 0.3) is 5.91 Å². The Morgan fingerprint density at radius 3 is 2.39 bits per heavy atom. The molecule has 8 heteroatoms. The van der Waals surface area contributed by atoms with Crippen LogP contribution in [0.25, 0.3) is 0 Å². The zero-order valence-corrected chi connectivity index (χ0v) is 18.9. The molecule has 1 saturated heterocycles. The molecule has 0 aromatic heterocycles. The van der Waals surface area contributed by atoms with Crippen LogP contribution in [0.2, 0.25) is 0 Å². The smallest absolute Gasteiger partial charge is 0.338 e. The highest BCUT2D eigenvalue weighted by atomic mass is 32.2. The summed E-state index contributed by atoms with van der Waals surface area (Å²) in [6.45, 7) is 6.18. The maximum atomic E-state index is 12.9. The van der Waals surface area contributed by atoms with Crippen molar-refractivity contribution in [2.45, 2.75) is 39.3 Å². The molecule has 1 aliphatic heterocycles. The molecule has 0 radical (unpaired) electrons. The first-order chi connectivity index (χ1) is 14.6. The van der Waals surface area contributed by atoms with Gasteiger partial charge in [0, 0.05) is 18.6 Å². The minimum absolute atomic E-state index is 0.0974. The van der Waals surface area contributed by atoms with Crippen LogP contribution in [0, 0.1) is 0 Å². The summed E-state index contributed by atoms with van der Waals surface area (Å²) in [5.41, 5.74) is 1.16. The predicted molar refractivity (Wildman–Crippen MR) is 119 cm³/mol. The summed E-state index contributed by atoms with van der Waals surface area (Å²) in [4.78, 5) is 27.1. The van der Waals surface area contributed by atoms with Crippen molar-refractivity contribution < 1.29 is 22.7 Å². The summed E-state index contributed by atoms with van der Waals surface area (Å²) in [5, 5.41) is 0. The molecule has 1 heterocycles. The number of amides is 1. The largest absolute Gasteiger partial charge is 0.452 e. The van der Waals surface area contributed by atoms with Gasteiger partial charge in [-0.25, -0.2) is 13.2 Å². The monoisotopic (exact) mass is 444 g/mol. The van der Waals surface area contributed by atoms with Gasteiger partial charge in [0.15, 0.2) is 6.61 Å². The van der Waals surface area contributed by atoms with E-state index in [0.29, 0.717) is 25.2 Å². The SMILES string of the molecule is CC(C)(C)N(Cc1ccccc1)C(=O)COC(=O)c1cccc(N2CCCS2(=O)=O)c1. The minimum Gasteiger partial charge on any atom is -0.452 e. The van der Waals surface area contributed by atoms with Crippen LogP contribution in [0.3, 0.4) is 0 Å². The van der Waals surface area contributed by atoms with Crippen molar-refractivity contribution in [3.63, 3.8) is 0 Å². The lowest BCUT2D eigenvalue weighted by Crippen LogP contribution is -2.46. The summed E-state index contributed by atoms with van der Waals surface area (Å²) in [6, 6.07) is 15.9. The molecule has 1 fully saturated rings. The second kappa shape index (κ2) is 9.09. The van der Waals surface area contributed by atoms with Gasteiger partial charge in [-0.3, -0.25) is 9.10 Å². The predicted octanol–water partition coefficient (Wildman–Crippen LogP) is 3.21. The Morgan fingerprint density at radius 2 is 1.77 bits per heavy atom. The van der Waals surface area contributed by atoms with E-state index in [0.717, 1.165) is 5.56 Å². The third-order valence-corrected chi connectivity index (χ3v) is 6.96. The number of benzene rings is 2. The lowest BCUT2D eigenvalue weighted by atomic mass is 10.0. The van der Waals surface area contributed by atoms with E-state index in [1.165, 1.54) is 10.4 Å². The summed E-state index contributed by atoms with van der Waals surface area (Å²) in [5.74, 6) is -0.872. The van der Waals surface area contributed by atoms with E-state index < -0.39 is 28.1 Å². The molecule has 166 valence electrons. The molecule has 1 amide bonds. The first-order valence-electron chi connectivity index (χ1n) is 10.2. The van der Waals surface area contributed by atoms with Crippen molar-refractivity contribution in [1.82, 2.24) is 4.90 Å². The molecule has 0 spiro atoms. The molecule has 0 aliphatic carbocycles. The van der Waals surface area contributed by atoms with Gasteiger partial charge in [0.05, 0.1) is 17.0 Å². The molecule has 7 nitrogen and oxygen atoms in total. The van der Waals surface area contributed by atoms with Crippen LogP contribution in [-0.2, 0) is 26.1 Å². The van der Waals surface area contributed by atoms with E-state index in [-0.39, 0.29) is 17.2 Å². The van der Waals surface area contributed by atoms with Gasteiger partial charge in [0.1, 0.15) is 0 Å². The maximum Gasteiger partial charge on any atom is 0.338 e. The quantitative estimate of drug-likeness (QED) is 0.639. The summed E-state index contributed by atoms with van der Waals surface area (Å²) < 4.78 is 30.9. The van der Waals surface area contributed by atoms with Crippen LogP contribution in [0.5, 0.6) is 0 Å². The second-order valence-electron chi connectivity index (χ2n) is 8.50. The lowest BCUT2D eigenvalue weighted by Gasteiger charge is -2.35. The molecule has 2 aromatic rings. The Kier molecular flexibility index (Phi) is 6.69. The Labute approximate surface area is 183 Å². The Morgan fingerprint density at radius 1 is 1.06 bits per heavy atom. The standard InChI is InChI=1S/C23H28N2O5S/c1-23(2,3)24(16-18-9-5-4-6-10-18)21(26)17-30-22(27)19-11-7-12-20(15-19)25-13-8-14-31(25,28)29/h4-7,9-12,15H,8,13-14,16-17H2,1-3H3. The Bertz CT molecular complexity index is 1050. The van der Waals surface area contributed by atoms with E-state index in [2.05, 4.69) is 0 Å². The van der Waals surface area contributed by atoms with Gasteiger partial charge in [-0.1, -0.05) is 36.4 Å². The highest BCUT2D eigenvalue weighted by molar-refractivity contribution is 7.93. The molecular weight excluding hydrogens is 416 g/mol. The van der Waals surface area contributed by atoms with Crippen LogP contribution in [-0.4, -0.2) is 49.6 Å². The fraction of sp³-hybridized carbons (Fsp3) is 0.391. The number of esters is 1. The second-order valence-corrected chi connectivity index (χ2v) is 10.5. The number of sulfonamides is 1. The number of ether oxygens (including phenoxy) is 1. The molecule has 0 unspecified atom stereocenters. The zero-order valence-electron chi connectivity index (χ0n) is 18.1. The van der Waals surface area contributed by atoms with Crippen LogP contribution in [0.4, 0.5) is 5.69 Å². The van der Waals surface area contributed by atoms with E-state index in [1.54, 1.807) is 23.1 Å². The average Bonchev–Trinajstić information content (AvgIpc) is 3.09. The molecule has 1 aliphatic rings. The summed E-state index contributed by atoms with van der Waals surface area (Å²) in [7, 11) is -3.35. The summed E-state index contributed by atoms with van der Waals surface area (Å²) in [6.07, 6.45) is 0.551. The number of carbonyl (C=O) groups excluding carboxylic acids is 2. The molecule has 3 rings (SSSR count). The average molecular weight is 445 g/mol. The fourth-order valence-corrected chi connectivity index (χ4v) is 5.03. The van der Waals surface area contributed by atoms with Gasteiger partial charge in [-0.05, 0) is 51.0 Å². The van der Waals surface area contributed by atoms with Crippen LogP contribution in [0.1, 0.15) is 43.1 Å². The molecule has 0 N–H and O–H groups in total. The first kappa shape index (κ1) is 22.8. The van der Waals surface area contributed by atoms with Crippen molar-refractivity contribution in [2.24, 2.45) is 0 Å². The highest BCUT2D eigenvalue weighted by Gasteiger charge is 2.30. The minimum atomic E-state index is -3.35. The van der Waals surface area contributed by atoms with Gasteiger partial charge in [0.2, 0.25) is 10.0 Å². The van der Waals surface area contributed by atoms with Gasteiger partial charge in [-0.15, -0.1) is 0 Å². The first-order valence-corrected chi connectivity index (χ1v) is 11.8. The zero-order chi connectivity index (χ0) is 22.6. The third-order valence-electron chi connectivity index (χ3n) is 5.09. The third kappa shape index (κ3) is 5.64. The van der Waals surface area contributed by atoms with Crippen molar-refractivity contribution in [3.8, 4) is 0 Å². The van der Waals surface area contributed by atoms with E-state index in [4.69, 9.17) is 4.74 Å². The Balaban J connectivity index is 1.68. The number of hydrogen-bond donors (Lipinski definition) is 0. The van der Waals surface area contributed by atoms with Crippen LogP contribution < -0.4 is 4.31 Å². The van der Waals surface area contributed by atoms with Gasteiger partial charge >= 0.3 is 5.97 Å². The number of anilines is 1. The number of hydrogen-bond acceptors (Lipinski definition) is 5. The van der Waals surface area contributed by atoms with Crippen molar-refractivity contribution in [3.05, 3.63) is 65.7 Å². The van der Waals surface area contributed by atoms with E-state index in [9.17, 15) is 18.0 Å². The molecule has 0 bridgehead atoms. The normalized spacial score (nSPS) is 15.5.